The zero-order valence-corrected chi connectivity index (χ0v) is 74.8. The number of nitrogens with two attached hydrogens (primary N) is 5. The first-order chi connectivity index (χ1) is 59.1. The van der Waals surface area contributed by atoms with Gasteiger partial charge in [-0.25, -0.2) is 4.79 Å². The van der Waals surface area contributed by atoms with E-state index in [1.807, 2.05) is 0 Å². The lowest BCUT2D eigenvalue weighted by atomic mass is 9.96. The number of aliphatic hydroxyl groups is 1. The highest BCUT2D eigenvalue weighted by molar-refractivity contribution is 7.98. The fraction of sp³-hybridized carbons (Fsp3) is 0.671. The molecule has 0 aliphatic rings. The second-order valence-electron chi connectivity index (χ2n) is 31.4. The summed E-state index contributed by atoms with van der Waals surface area (Å²) < 4.78 is 0. The van der Waals surface area contributed by atoms with Crippen LogP contribution in [-0.2, 0) is 102 Å². The summed E-state index contributed by atoms with van der Waals surface area (Å²) in [4.78, 5) is 271. The van der Waals surface area contributed by atoms with Crippen molar-refractivity contribution in [3.05, 3.63) is 29.8 Å². The molecule has 0 heterocycles. The van der Waals surface area contributed by atoms with Crippen LogP contribution in [0.3, 0.4) is 0 Å². The number of carboxylic acid groups (broad SMARTS) is 3. The molecule has 17 amide bonds. The fourth-order valence-corrected chi connectivity index (χ4v) is 12.9. The van der Waals surface area contributed by atoms with Crippen molar-refractivity contribution in [1.82, 2.24) is 79.8 Å². The number of phenols is 1. The summed E-state index contributed by atoms with van der Waals surface area (Å²) in [7, 11) is 0. The Morgan fingerprint density at radius 1 is 0.421 bits per heavy atom. The molecule has 710 valence electrons. The van der Waals surface area contributed by atoms with Crippen LogP contribution in [0.5, 0.6) is 5.75 Å². The second kappa shape index (κ2) is 59.0. The molecule has 1 aromatic carbocycles. The van der Waals surface area contributed by atoms with Gasteiger partial charge >= 0.3 is 17.9 Å². The van der Waals surface area contributed by atoms with Crippen LogP contribution in [0.1, 0.15) is 178 Å². The first kappa shape index (κ1) is 113. The number of aliphatic hydroxyl groups excluding tert-OH is 1. The molecule has 0 fully saturated rings. The molecule has 0 aliphatic carbocycles. The van der Waals surface area contributed by atoms with Crippen LogP contribution in [-0.4, -0.2) is 278 Å². The predicted molar refractivity (Wildman–Crippen MR) is 462 cm³/mol. The van der Waals surface area contributed by atoms with E-state index in [0.717, 1.165) is 0 Å². The molecule has 0 aromatic heterocycles. The maximum Gasteiger partial charge on any atom is 0.326 e. The molecule has 0 aliphatic heterocycles. The number of amides is 17. The standard InChI is InChI=1S/C79H132N20O25S2/c1-12-40(7)63(98-71(115)47(19-15-17-30-81)90-67(111)46(18-14-16-29-80)89-70(114)50(28-31-126-11)88-65(109)42(9)86-76(120)61(84)43(10)100)78(122)92-48(24-26-56(82)102)68(112)95-54(35-60(107)108)72(116)96-55(37-125)75(119)93-52(33-44-20-22-45(101)23-21-44)74(118)97-62(39(5)6)77(121)91-49(25-27-59(105)106)69(113)94-53(34-57(83)103)66(110)85-36-58(104)87-51(32-38(3)4)73(117)99-64(79(123)124)41(8)13-2/h20-23,38-43,46-55,61-64,100-101,125H,12-19,24-37,80-81,84H2,1-11H3,(H2,82,102)(H2,83,103)(H,85,110)(H,86,120)(H,87,104)(H,88,109)(H,89,114)(H,90,111)(H,91,121)(H,92,122)(H,93,119)(H,94,113)(H,95,112)(H,96,116)(H,97,118)(H,98,115)(H,99,117)(H,105,106)(H,107,108)(H,123,124)/t40-,41-,42-,43+,46-,47-,48-,49-,50-,51-,52-,53-,54-,55-,61-,62-,63-,64-/m0/s1. The minimum Gasteiger partial charge on any atom is -0.508 e. The van der Waals surface area contributed by atoms with Gasteiger partial charge in [0, 0.05) is 25.0 Å². The molecule has 0 saturated heterocycles. The van der Waals surface area contributed by atoms with Gasteiger partial charge in [0.15, 0.2) is 0 Å². The van der Waals surface area contributed by atoms with Crippen LogP contribution in [0.4, 0.5) is 0 Å². The van der Waals surface area contributed by atoms with Crippen LogP contribution >= 0.6 is 24.4 Å². The van der Waals surface area contributed by atoms with Crippen molar-refractivity contribution in [3.8, 4) is 5.75 Å². The Morgan fingerprint density at radius 3 is 1.28 bits per heavy atom. The van der Waals surface area contributed by atoms with Crippen LogP contribution in [0, 0.1) is 23.7 Å². The maximum absolute atomic E-state index is 14.6. The molecule has 0 bridgehead atoms. The summed E-state index contributed by atoms with van der Waals surface area (Å²) in [5.41, 5.74) is 28.5. The Labute approximate surface area is 740 Å². The van der Waals surface area contributed by atoms with Gasteiger partial charge in [-0.3, -0.25) is 91.1 Å². The molecule has 1 aromatic rings. The van der Waals surface area contributed by atoms with Crippen molar-refractivity contribution in [1.29, 1.82) is 0 Å². The van der Waals surface area contributed by atoms with E-state index in [1.165, 1.54) is 63.7 Å². The summed E-state index contributed by atoms with van der Waals surface area (Å²) in [6, 6.07) is -18.8. The van der Waals surface area contributed by atoms with Crippen molar-refractivity contribution in [2.45, 2.75) is 275 Å². The third-order valence-corrected chi connectivity index (χ3v) is 21.1. The number of unbranched alkanes of at least 4 members (excludes halogenated alkanes) is 2. The number of aliphatic carboxylic acids is 3. The first-order valence-corrected chi connectivity index (χ1v) is 43.6. The number of carbonyl (C=O) groups excluding carboxylic acids is 17. The highest BCUT2D eigenvalue weighted by Gasteiger charge is 2.40. The number of phenolic OH excluding ortho intramolecular Hbond substituents is 1. The number of benzene rings is 1. The van der Waals surface area contributed by atoms with Gasteiger partial charge in [-0.15, -0.1) is 0 Å². The van der Waals surface area contributed by atoms with Crippen LogP contribution in [0.15, 0.2) is 24.3 Å². The van der Waals surface area contributed by atoms with E-state index in [2.05, 4.69) is 92.4 Å². The number of carbonyl (C=O) groups is 20. The number of thiol groups is 1. The van der Waals surface area contributed by atoms with Gasteiger partial charge in [-0.05, 0) is 145 Å². The maximum atomic E-state index is 14.6. The lowest BCUT2D eigenvalue weighted by Gasteiger charge is -2.30. The minimum atomic E-state index is -2.13. The summed E-state index contributed by atoms with van der Waals surface area (Å²) in [6.45, 7) is 14.9. The second-order valence-corrected chi connectivity index (χ2v) is 32.8. The van der Waals surface area contributed by atoms with E-state index in [1.54, 1.807) is 47.8 Å². The molecular weight excluding hydrogens is 1690 g/mol. The smallest absolute Gasteiger partial charge is 0.326 e. The predicted octanol–water partition coefficient (Wildman–Crippen LogP) is -6.13. The van der Waals surface area contributed by atoms with E-state index in [0.29, 0.717) is 25.0 Å². The topological polar surface area (TPSA) is 753 Å². The SMILES string of the molecule is CC[C@H](C)[C@H](NC(=O)[C@H](CC(C)C)NC(=O)CNC(=O)[C@H](CC(N)=O)NC(=O)[C@H](CCC(=O)O)NC(=O)[C@@H](NC(=O)[C@H](Cc1ccc(O)cc1)NC(=O)[C@H](CS)NC(=O)[C@H](CC(=O)O)NC(=O)[C@H](CCC(N)=O)NC(=O)[C@@H](NC(=O)[C@H](CCCCN)NC(=O)[C@H](CCCCN)NC(=O)[C@H](CCSC)NC(=O)[C@H](C)NC(=O)[C@@H](N)[C@@H](C)O)[C@@H](C)CC)C(C)C)C(=O)O. The van der Waals surface area contributed by atoms with Crippen molar-refractivity contribution in [3.63, 3.8) is 0 Å². The fourth-order valence-electron chi connectivity index (χ4n) is 12.2. The normalized spacial score (nSPS) is 15.5. The Balaban J connectivity index is 3.73. The molecule has 47 heteroatoms. The number of aromatic hydroxyl groups is 1. The summed E-state index contributed by atoms with van der Waals surface area (Å²) >= 11 is 5.56. The largest absolute Gasteiger partial charge is 0.508 e. The average Bonchev–Trinajstić information content (AvgIpc) is 0.842. The average molecular weight is 1830 g/mol. The molecule has 18 atom stereocenters. The number of hydrogen-bond acceptors (Lipinski definition) is 27. The summed E-state index contributed by atoms with van der Waals surface area (Å²) in [5.74, 6) is -25.5. The lowest BCUT2D eigenvalue weighted by molar-refractivity contribution is -0.144. The number of carboxylic acids is 3. The molecule has 126 heavy (non-hydrogen) atoms. The monoisotopic (exact) mass is 1820 g/mol. The number of primary amides is 2. The van der Waals surface area contributed by atoms with Crippen LogP contribution in [0.2, 0.25) is 0 Å². The van der Waals surface area contributed by atoms with E-state index < -0.39 is 290 Å². The van der Waals surface area contributed by atoms with Gasteiger partial charge in [0.2, 0.25) is 100 Å². The Bertz CT molecular complexity index is 3850. The Morgan fingerprint density at radius 2 is 0.825 bits per heavy atom. The van der Waals surface area contributed by atoms with Gasteiger partial charge in [-0.2, -0.15) is 24.4 Å². The molecule has 1 rings (SSSR count). The summed E-state index contributed by atoms with van der Waals surface area (Å²) in [5, 5.41) is 85.9. The first-order valence-electron chi connectivity index (χ1n) is 41.6. The molecule has 0 saturated carbocycles. The van der Waals surface area contributed by atoms with Gasteiger partial charge in [0.1, 0.15) is 96.4 Å². The number of hydrogen-bond donors (Lipinski definition) is 26. The molecule has 0 unspecified atom stereocenters. The highest BCUT2D eigenvalue weighted by atomic mass is 32.2. The van der Waals surface area contributed by atoms with E-state index in [4.69, 9.17) is 28.7 Å². The van der Waals surface area contributed by atoms with Crippen molar-refractivity contribution in [2.24, 2.45) is 52.3 Å². The van der Waals surface area contributed by atoms with Gasteiger partial charge in [0.05, 0.1) is 25.5 Å². The molecule has 0 radical (unpaired) electrons. The number of nitrogens with one attached hydrogen (secondary N) is 15. The van der Waals surface area contributed by atoms with E-state index >= 15 is 0 Å². The van der Waals surface area contributed by atoms with Gasteiger partial charge in [-0.1, -0.05) is 80.4 Å². The minimum absolute atomic E-state index is 0.0214. The zero-order chi connectivity index (χ0) is 95.9. The Hall–Kier alpha value is -11.0. The van der Waals surface area contributed by atoms with Gasteiger partial charge in [0.25, 0.3) is 0 Å². The molecular formula is C79H132N20O25S2. The zero-order valence-electron chi connectivity index (χ0n) is 73.1. The molecule has 0 spiro atoms. The third kappa shape index (κ3) is 42.8. The van der Waals surface area contributed by atoms with E-state index in [9.17, 15) is 121 Å². The van der Waals surface area contributed by atoms with Crippen LogP contribution < -0.4 is 108 Å². The highest BCUT2D eigenvalue weighted by Crippen LogP contribution is 2.18. The number of thioether (sulfide) groups is 1. The van der Waals surface area contributed by atoms with Crippen LogP contribution in [0.25, 0.3) is 0 Å². The quantitative estimate of drug-likeness (QED) is 0.0213. The molecule has 45 nitrogen and oxygen atoms in total. The van der Waals surface area contributed by atoms with Gasteiger partial charge < -0.3 is 134 Å². The van der Waals surface area contributed by atoms with Crippen molar-refractivity contribution < 1.29 is 121 Å². The Kier molecular flexibility index (Phi) is 52.9. The summed E-state index contributed by atoms with van der Waals surface area (Å²) in [6.07, 6.45) is -3.12. The molecule has 30 N–H and O–H groups in total. The number of rotatable bonds is 63. The van der Waals surface area contributed by atoms with Crippen molar-refractivity contribution >= 4 is 143 Å². The van der Waals surface area contributed by atoms with E-state index in [-0.39, 0.29) is 75.3 Å². The van der Waals surface area contributed by atoms with Crippen molar-refractivity contribution in [2.75, 3.05) is 37.4 Å². The lowest BCUT2D eigenvalue weighted by Crippen LogP contribution is -2.62. The third-order valence-electron chi connectivity index (χ3n) is 20.0.